The molecule has 217 valence electrons. The highest BCUT2D eigenvalue weighted by Crippen LogP contribution is 2.48. The number of aliphatic hydroxyl groups excluding tert-OH is 1. The van der Waals surface area contributed by atoms with Crippen LogP contribution in [-0.2, 0) is 23.4 Å². The van der Waals surface area contributed by atoms with Crippen molar-refractivity contribution >= 4 is 36.6 Å². The molecule has 6 atom stereocenters. The van der Waals surface area contributed by atoms with Gasteiger partial charge in [-0.1, -0.05) is 18.2 Å². The first-order valence-corrected chi connectivity index (χ1v) is 13.9. The molecule has 2 aromatic heterocycles. The molecule has 1 fully saturated rings. The Kier molecular flexibility index (Phi) is 8.61. The van der Waals surface area contributed by atoms with Crippen LogP contribution < -0.4 is 20.7 Å². The van der Waals surface area contributed by atoms with Crippen molar-refractivity contribution in [3.8, 4) is 5.75 Å². The minimum Gasteiger partial charge on any atom is -0.462 e. The van der Waals surface area contributed by atoms with Gasteiger partial charge in [-0.2, -0.15) is 15.1 Å². The molecule has 1 radical (unpaired) electrons. The van der Waals surface area contributed by atoms with Gasteiger partial charge in [-0.15, -0.1) is 0 Å². The number of esters is 1. The van der Waals surface area contributed by atoms with Crippen molar-refractivity contribution in [3.63, 3.8) is 0 Å². The highest BCUT2D eigenvalue weighted by Gasteiger charge is 2.56. The second-order valence-electron chi connectivity index (χ2n) is 9.44. The normalized spacial score (nSPS) is 25.1. The number of aliphatic hydroxyl groups is 1. The van der Waals surface area contributed by atoms with Gasteiger partial charge in [-0.05, 0) is 39.8 Å². The van der Waals surface area contributed by atoms with Gasteiger partial charge >= 0.3 is 13.7 Å². The summed E-state index contributed by atoms with van der Waals surface area (Å²) in [6.45, 7) is 7.66. The average molecular weight is 581 g/mol. The third kappa shape index (κ3) is 6.18. The van der Waals surface area contributed by atoms with Crippen molar-refractivity contribution in [3.05, 3.63) is 43.6 Å². The Balaban J connectivity index is 1.56. The number of aromatic nitrogens is 4. The van der Waals surface area contributed by atoms with Gasteiger partial charge in [0.25, 0.3) is 0 Å². The number of nitrogens with one attached hydrogen (secondary N) is 2. The van der Waals surface area contributed by atoms with E-state index in [1.807, 2.05) is 0 Å². The van der Waals surface area contributed by atoms with Gasteiger partial charge in [-0.3, -0.25) is 13.9 Å². The van der Waals surface area contributed by atoms with Crippen LogP contribution >= 0.6 is 7.75 Å². The van der Waals surface area contributed by atoms with Crippen molar-refractivity contribution in [2.45, 2.75) is 57.0 Å². The zero-order valence-electron chi connectivity index (χ0n) is 22.4. The van der Waals surface area contributed by atoms with Gasteiger partial charge in [0.2, 0.25) is 5.95 Å². The zero-order chi connectivity index (χ0) is 29.2. The first-order chi connectivity index (χ1) is 18.8. The van der Waals surface area contributed by atoms with E-state index in [-0.39, 0.29) is 22.9 Å². The van der Waals surface area contributed by atoms with Crippen LogP contribution in [0.25, 0.3) is 11.2 Å². The van der Waals surface area contributed by atoms with Gasteiger partial charge in [0.1, 0.15) is 24.0 Å². The predicted octanol–water partition coefficient (Wildman–Crippen LogP) is 2.38. The van der Waals surface area contributed by atoms with E-state index in [0.717, 1.165) is 0 Å². The minimum atomic E-state index is -4.30. The van der Waals surface area contributed by atoms with Gasteiger partial charge in [0, 0.05) is 7.05 Å². The Morgan fingerprint density at radius 2 is 2.02 bits per heavy atom. The number of halogens is 1. The molecule has 0 unspecified atom stereocenters. The Hall–Kier alpha value is -3.36. The maximum absolute atomic E-state index is 15.8. The molecule has 3 heterocycles. The summed E-state index contributed by atoms with van der Waals surface area (Å²) in [4.78, 5) is 24.7. The number of hydrogen-bond donors (Lipinski definition) is 4. The standard InChI is InChI=1S/C24H32FN7O7P/c1-13(2)37-21(34)14(3)31-40(35,39-15-9-7-6-8-10-15)36-11-16-18(33)24(4,25)22(38-16)32-12-28-17-19(27-5)29-23(26)30-20(17)32/h6-10,12-14,16,18,22,33H,4,11H2,1-3,5H3,(H,31,35)(H3,26,27,29,30)/t14-,16+,18+,22+,24+,40-/m0/s1. The third-order valence-corrected chi connectivity index (χ3v) is 7.56. The van der Waals surface area contributed by atoms with Crippen molar-refractivity contribution in [2.24, 2.45) is 0 Å². The number of nitrogen functional groups attached to an aromatic ring is 1. The SMILES string of the molecule is [CH2][C@@]1(F)[C@H](O)[C@@H](CO[P@@](=O)(N[C@@H](C)C(=O)OC(C)C)Oc2ccccc2)O[C@H]1n1cnc2c(NC)nc(N)nc21. The molecule has 0 aliphatic carbocycles. The van der Waals surface area contributed by atoms with E-state index in [1.165, 1.54) is 30.0 Å². The number of nitrogens with zero attached hydrogens (tertiary/aromatic N) is 4. The number of anilines is 2. The van der Waals surface area contributed by atoms with Crippen molar-refractivity contribution in [2.75, 3.05) is 24.7 Å². The van der Waals surface area contributed by atoms with Crippen LogP contribution in [0.2, 0.25) is 0 Å². The topological polar surface area (TPSA) is 185 Å². The first-order valence-electron chi connectivity index (χ1n) is 12.4. The lowest BCUT2D eigenvalue weighted by Gasteiger charge is -2.25. The molecule has 0 amide bonds. The van der Waals surface area contributed by atoms with E-state index in [2.05, 4.69) is 32.3 Å². The Morgan fingerprint density at radius 3 is 2.67 bits per heavy atom. The molecule has 0 bridgehead atoms. The van der Waals surface area contributed by atoms with E-state index in [1.54, 1.807) is 39.1 Å². The molecule has 1 aliphatic rings. The van der Waals surface area contributed by atoms with E-state index in [4.69, 9.17) is 24.3 Å². The second kappa shape index (κ2) is 11.6. The smallest absolute Gasteiger partial charge is 0.459 e. The lowest BCUT2D eigenvalue weighted by molar-refractivity contribution is -0.149. The number of fused-ring (bicyclic) bond motifs is 1. The van der Waals surface area contributed by atoms with Crippen LogP contribution in [0.4, 0.5) is 16.2 Å². The zero-order valence-corrected chi connectivity index (χ0v) is 23.2. The lowest BCUT2D eigenvalue weighted by Crippen LogP contribution is -2.41. The Morgan fingerprint density at radius 1 is 1.32 bits per heavy atom. The molecule has 1 saturated heterocycles. The summed E-state index contributed by atoms with van der Waals surface area (Å²) in [5, 5.41) is 16.2. The molecular formula is C24H32FN7O7P. The van der Waals surface area contributed by atoms with Crippen LogP contribution in [0.15, 0.2) is 36.7 Å². The number of ether oxygens (including phenoxy) is 2. The summed E-state index contributed by atoms with van der Waals surface area (Å²) >= 11 is 0. The molecule has 3 aromatic rings. The first kappa shape index (κ1) is 29.6. The molecule has 5 N–H and O–H groups in total. The van der Waals surface area contributed by atoms with Crippen molar-refractivity contribution in [1.29, 1.82) is 0 Å². The molecular weight excluding hydrogens is 548 g/mol. The molecule has 16 heteroatoms. The monoisotopic (exact) mass is 580 g/mol. The number of benzene rings is 1. The largest absolute Gasteiger partial charge is 0.462 e. The number of carbonyl (C=O) groups excluding carboxylic acids is 1. The van der Waals surface area contributed by atoms with Gasteiger partial charge < -0.3 is 30.2 Å². The summed E-state index contributed by atoms with van der Waals surface area (Å²) < 4.78 is 52.9. The number of hydrogen-bond acceptors (Lipinski definition) is 12. The molecule has 0 saturated carbocycles. The average Bonchev–Trinajstić information content (AvgIpc) is 3.40. The van der Waals surface area contributed by atoms with Crippen LogP contribution in [-0.4, -0.2) is 74.3 Å². The highest BCUT2D eigenvalue weighted by atomic mass is 31.2. The number of rotatable bonds is 11. The third-order valence-electron chi connectivity index (χ3n) is 5.92. The quantitative estimate of drug-likeness (QED) is 0.192. The van der Waals surface area contributed by atoms with Crippen LogP contribution in [0.5, 0.6) is 5.75 Å². The predicted molar refractivity (Wildman–Crippen MR) is 143 cm³/mol. The molecule has 14 nitrogen and oxygen atoms in total. The summed E-state index contributed by atoms with van der Waals surface area (Å²) in [7, 11) is -2.69. The number of para-hydroxylation sites is 1. The van der Waals surface area contributed by atoms with Gasteiger partial charge in [-0.25, -0.2) is 13.9 Å². The molecule has 0 spiro atoms. The van der Waals surface area contributed by atoms with Gasteiger partial charge in [0.05, 0.1) is 19.0 Å². The number of nitrogens with two attached hydrogens (primary N) is 1. The molecule has 1 aliphatic heterocycles. The summed E-state index contributed by atoms with van der Waals surface area (Å²) in [6, 6.07) is 6.99. The fourth-order valence-electron chi connectivity index (χ4n) is 4.02. The summed E-state index contributed by atoms with van der Waals surface area (Å²) in [5.41, 5.74) is 3.61. The summed E-state index contributed by atoms with van der Waals surface area (Å²) in [5.74, 6) is -0.306. The molecule has 40 heavy (non-hydrogen) atoms. The Labute approximate surface area is 230 Å². The summed E-state index contributed by atoms with van der Waals surface area (Å²) in [6.07, 6.45) is -3.86. The second-order valence-corrected chi connectivity index (χ2v) is 11.1. The Bertz CT molecular complexity index is 1390. The maximum atomic E-state index is 15.8. The van der Waals surface area contributed by atoms with E-state index >= 15 is 4.39 Å². The van der Waals surface area contributed by atoms with E-state index in [0.29, 0.717) is 5.82 Å². The fourth-order valence-corrected chi connectivity index (χ4v) is 5.52. The van der Waals surface area contributed by atoms with Gasteiger partial charge in [0.15, 0.2) is 28.9 Å². The lowest BCUT2D eigenvalue weighted by atomic mass is 9.98. The number of carbonyl (C=O) groups is 1. The van der Waals surface area contributed by atoms with Crippen LogP contribution in [0, 0.1) is 6.92 Å². The number of alkyl halides is 1. The van der Waals surface area contributed by atoms with E-state index < -0.39 is 56.6 Å². The van der Waals surface area contributed by atoms with E-state index in [9.17, 15) is 14.5 Å². The molecule has 4 rings (SSSR count). The highest BCUT2D eigenvalue weighted by molar-refractivity contribution is 7.52. The maximum Gasteiger partial charge on any atom is 0.459 e. The van der Waals surface area contributed by atoms with Crippen molar-refractivity contribution in [1.82, 2.24) is 24.6 Å². The number of imidazole rings is 1. The molecule has 1 aromatic carbocycles. The van der Waals surface area contributed by atoms with Crippen molar-refractivity contribution < 1.29 is 37.4 Å². The minimum absolute atomic E-state index is 0.0965. The fraction of sp³-hybridized carbons (Fsp3) is 0.458. The van der Waals surface area contributed by atoms with Crippen LogP contribution in [0.3, 0.4) is 0 Å². The van der Waals surface area contributed by atoms with Crippen LogP contribution in [0.1, 0.15) is 27.0 Å².